The number of nitriles is 1. The summed E-state index contributed by atoms with van der Waals surface area (Å²) in [4.78, 5) is 13.1. The summed E-state index contributed by atoms with van der Waals surface area (Å²) in [5.41, 5.74) is 1.86. The number of tetrazole rings is 1. The second-order valence-corrected chi connectivity index (χ2v) is 5.52. The zero-order valence-corrected chi connectivity index (χ0v) is 13.7. The van der Waals surface area contributed by atoms with Crippen LogP contribution in [0.25, 0.3) is 11.4 Å². The maximum Gasteiger partial charge on any atom is 0.330 e. The van der Waals surface area contributed by atoms with Crippen molar-refractivity contribution in [3.8, 4) is 17.5 Å². The van der Waals surface area contributed by atoms with E-state index in [-0.39, 0.29) is 13.2 Å². The fourth-order valence-electron chi connectivity index (χ4n) is 2.10. The molecule has 0 fully saturated rings. The highest BCUT2D eigenvalue weighted by Crippen LogP contribution is 2.17. The summed E-state index contributed by atoms with van der Waals surface area (Å²) in [6.45, 7) is -0.156. The number of aromatic nitrogens is 4. The minimum Gasteiger partial charge on any atom is -0.459 e. The molecule has 3 rings (SSSR count). The van der Waals surface area contributed by atoms with Crippen molar-refractivity contribution in [1.82, 2.24) is 20.2 Å². The Morgan fingerprint density at radius 1 is 1.20 bits per heavy atom. The van der Waals surface area contributed by atoms with E-state index < -0.39 is 5.97 Å². The van der Waals surface area contributed by atoms with E-state index in [0.29, 0.717) is 22.0 Å². The van der Waals surface area contributed by atoms with Crippen LogP contribution >= 0.6 is 11.6 Å². The maximum atomic E-state index is 11.9. The van der Waals surface area contributed by atoms with Gasteiger partial charge in [-0.15, -0.1) is 10.2 Å². The van der Waals surface area contributed by atoms with Gasteiger partial charge in [-0.3, -0.25) is 0 Å². The van der Waals surface area contributed by atoms with Crippen LogP contribution in [0.4, 0.5) is 0 Å². The molecule has 3 aromatic rings. The first kappa shape index (κ1) is 16.6. The van der Waals surface area contributed by atoms with Crippen LogP contribution in [0.5, 0.6) is 0 Å². The molecular weight excluding hydrogens is 342 g/mol. The number of carbonyl (C=O) groups excluding carboxylic acids is 1. The summed E-state index contributed by atoms with van der Waals surface area (Å²) in [5.74, 6) is -0.132. The number of benzene rings is 2. The Hall–Kier alpha value is -3.24. The molecule has 7 nitrogen and oxygen atoms in total. The molecule has 2 aromatic carbocycles. The minimum absolute atomic E-state index is 0.0152. The first-order chi connectivity index (χ1) is 12.2. The molecule has 0 radical (unpaired) electrons. The second kappa shape index (κ2) is 7.55. The summed E-state index contributed by atoms with van der Waals surface area (Å²) in [7, 11) is 0. The van der Waals surface area contributed by atoms with Crippen molar-refractivity contribution in [2.24, 2.45) is 0 Å². The van der Waals surface area contributed by atoms with Gasteiger partial charge in [0.15, 0.2) is 6.54 Å². The molecule has 124 valence electrons. The highest BCUT2D eigenvalue weighted by Gasteiger charge is 2.11. The van der Waals surface area contributed by atoms with Gasteiger partial charge in [-0.1, -0.05) is 29.8 Å². The third-order valence-corrected chi connectivity index (χ3v) is 3.60. The number of nitrogens with zero attached hydrogens (tertiary/aromatic N) is 5. The largest absolute Gasteiger partial charge is 0.459 e. The fraction of sp³-hybridized carbons (Fsp3) is 0.118. The Labute approximate surface area is 148 Å². The molecule has 0 aliphatic carbocycles. The van der Waals surface area contributed by atoms with Gasteiger partial charge in [-0.25, -0.2) is 4.79 Å². The van der Waals surface area contributed by atoms with Crippen molar-refractivity contribution >= 4 is 17.6 Å². The number of esters is 1. The summed E-state index contributed by atoms with van der Waals surface area (Å²) >= 11 is 5.84. The zero-order chi connectivity index (χ0) is 17.6. The number of halogens is 1. The van der Waals surface area contributed by atoms with Gasteiger partial charge in [0.25, 0.3) is 0 Å². The molecule has 0 spiro atoms. The number of hydrogen-bond donors (Lipinski definition) is 0. The molecule has 8 heteroatoms. The molecule has 0 amide bonds. The predicted octanol–water partition coefficient (Wildman–Crippen LogP) is 2.61. The Bertz CT molecular complexity index is 931. The first-order valence-corrected chi connectivity index (χ1v) is 7.71. The predicted molar refractivity (Wildman–Crippen MR) is 89.2 cm³/mol. The molecule has 1 heterocycles. The van der Waals surface area contributed by atoms with E-state index in [2.05, 4.69) is 21.5 Å². The summed E-state index contributed by atoms with van der Waals surface area (Å²) in [6, 6.07) is 16.0. The van der Waals surface area contributed by atoms with Gasteiger partial charge in [0, 0.05) is 16.1 Å². The average Bonchev–Trinajstić information content (AvgIpc) is 3.09. The zero-order valence-electron chi connectivity index (χ0n) is 13.0. The molecule has 0 atom stereocenters. The summed E-state index contributed by atoms with van der Waals surface area (Å²) in [5, 5.41) is 21.5. The summed E-state index contributed by atoms with van der Waals surface area (Å²) in [6.07, 6.45) is 0. The number of carbonyl (C=O) groups is 1. The molecule has 0 unspecified atom stereocenters. The molecule has 0 saturated heterocycles. The topological polar surface area (TPSA) is 93.7 Å². The van der Waals surface area contributed by atoms with Crippen molar-refractivity contribution in [2.45, 2.75) is 13.2 Å². The van der Waals surface area contributed by atoms with Crippen LogP contribution in [0.3, 0.4) is 0 Å². The van der Waals surface area contributed by atoms with Gasteiger partial charge in [0.1, 0.15) is 6.61 Å². The van der Waals surface area contributed by atoms with Crippen LogP contribution in [0, 0.1) is 11.3 Å². The van der Waals surface area contributed by atoms with Crippen molar-refractivity contribution < 1.29 is 9.53 Å². The monoisotopic (exact) mass is 353 g/mol. The van der Waals surface area contributed by atoms with E-state index in [1.807, 2.05) is 0 Å². The van der Waals surface area contributed by atoms with Crippen LogP contribution in [0.1, 0.15) is 11.1 Å². The number of hydrogen-bond acceptors (Lipinski definition) is 6. The molecule has 0 aliphatic rings. The Kier molecular flexibility index (Phi) is 5.02. The summed E-state index contributed by atoms with van der Waals surface area (Å²) < 4.78 is 5.17. The van der Waals surface area contributed by atoms with Gasteiger partial charge in [0.2, 0.25) is 5.82 Å². The molecule has 1 aromatic heterocycles. The molecule has 0 bridgehead atoms. The van der Waals surface area contributed by atoms with E-state index >= 15 is 0 Å². The standard InChI is InChI=1S/C17H12ClN5O2/c18-15-7-5-12(6-8-15)17-20-22-23(21-17)10-16(24)25-11-14-4-2-1-3-13(14)9-19/h1-8H,10-11H2. The van der Waals surface area contributed by atoms with Gasteiger partial charge < -0.3 is 4.74 Å². The van der Waals surface area contributed by atoms with E-state index in [0.717, 1.165) is 10.4 Å². The van der Waals surface area contributed by atoms with Crippen LogP contribution in [-0.2, 0) is 22.7 Å². The second-order valence-electron chi connectivity index (χ2n) is 5.08. The highest BCUT2D eigenvalue weighted by atomic mass is 35.5. The normalized spacial score (nSPS) is 10.2. The first-order valence-electron chi connectivity index (χ1n) is 7.33. The number of rotatable bonds is 5. The van der Waals surface area contributed by atoms with Crippen LogP contribution in [0.2, 0.25) is 5.02 Å². The smallest absolute Gasteiger partial charge is 0.330 e. The SMILES string of the molecule is N#Cc1ccccc1COC(=O)Cn1nnc(-c2ccc(Cl)cc2)n1. The van der Waals surface area contributed by atoms with Crippen LogP contribution in [-0.4, -0.2) is 26.2 Å². The van der Waals surface area contributed by atoms with Crippen molar-refractivity contribution in [1.29, 1.82) is 5.26 Å². The lowest BCUT2D eigenvalue weighted by molar-refractivity contribution is -0.146. The van der Waals surface area contributed by atoms with Gasteiger partial charge >= 0.3 is 5.97 Å². The van der Waals surface area contributed by atoms with Gasteiger partial charge in [-0.05, 0) is 35.5 Å². The number of ether oxygens (including phenoxy) is 1. The third-order valence-electron chi connectivity index (χ3n) is 3.35. The molecule has 0 aliphatic heterocycles. The van der Waals surface area contributed by atoms with Crippen LogP contribution < -0.4 is 0 Å². The van der Waals surface area contributed by atoms with Crippen molar-refractivity contribution in [2.75, 3.05) is 0 Å². The van der Waals surface area contributed by atoms with E-state index in [9.17, 15) is 4.79 Å². The highest BCUT2D eigenvalue weighted by molar-refractivity contribution is 6.30. The van der Waals surface area contributed by atoms with Crippen molar-refractivity contribution in [3.63, 3.8) is 0 Å². The average molecular weight is 354 g/mol. The van der Waals surface area contributed by atoms with Crippen molar-refractivity contribution in [3.05, 3.63) is 64.7 Å². The molecule has 0 N–H and O–H groups in total. The van der Waals surface area contributed by atoms with Crippen LogP contribution in [0.15, 0.2) is 48.5 Å². The Morgan fingerprint density at radius 2 is 1.96 bits per heavy atom. The third kappa shape index (κ3) is 4.19. The van der Waals surface area contributed by atoms with E-state index in [4.69, 9.17) is 21.6 Å². The fourth-order valence-corrected chi connectivity index (χ4v) is 2.23. The van der Waals surface area contributed by atoms with Gasteiger partial charge in [-0.2, -0.15) is 10.1 Å². The van der Waals surface area contributed by atoms with Gasteiger partial charge in [0.05, 0.1) is 11.6 Å². The molecule has 0 saturated carbocycles. The van der Waals surface area contributed by atoms with E-state index in [1.54, 1.807) is 48.5 Å². The minimum atomic E-state index is -0.521. The Morgan fingerprint density at radius 3 is 2.72 bits per heavy atom. The lowest BCUT2D eigenvalue weighted by atomic mass is 10.1. The molecular formula is C17H12ClN5O2. The lowest BCUT2D eigenvalue weighted by Crippen LogP contribution is -2.16. The quantitative estimate of drug-likeness (QED) is 0.654. The maximum absolute atomic E-state index is 11.9. The lowest BCUT2D eigenvalue weighted by Gasteiger charge is -2.05. The van der Waals surface area contributed by atoms with E-state index in [1.165, 1.54) is 0 Å². The molecule has 25 heavy (non-hydrogen) atoms. The Balaban J connectivity index is 1.60.